The van der Waals surface area contributed by atoms with Gasteiger partial charge in [-0.15, -0.1) is 0 Å². The minimum Gasteiger partial charge on any atom is -0.0880 e. The third-order valence-corrected chi connectivity index (χ3v) is 2.67. The average Bonchev–Trinajstić information content (AvgIpc) is 2.05. The van der Waals surface area contributed by atoms with Gasteiger partial charge in [0, 0.05) is 0 Å². The largest absolute Gasteiger partial charge is 0.0880 e. The molecule has 0 unspecified atom stereocenters. The van der Waals surface area contributed by atoms with E-state index in [4.69, 9.17) is 0 Å². The van der Waals surface area contributed by atoms with Gasteiger partial charge in [0.1, 0.15) is 0 Å². The summed E-state index contributed by atoms with van der Waals surface area (Å²) in [6.07, 6.45) is 13.4. The maximum atomic E-state index is 2.46. The minimum atomic E-state index is 0.824. The van der Waals surface area contributed by atoms with Gasteiger partial charge >= 0.3 is 0 Å². The molecule has 0 amide bonds. The second kappa shape index (κ2) is 5.40. The van der Waals surface area contributed by atoms with Crippen molar-refractivity contribution in [2.45, 2.75) is 52.4 Å². The first-order chi connectivity index (χ1) is 5.79. The molecule has 1 fully saturated rings. The standard InChI is InChI=1S/C12H22/c1-11(2)7-6-10-12-8-4-3-5-9-12/h6,10-12H,3-5,7-9H2,1-2H3/b10-6+. The van der Waals surface area contributed by atoms with E-state index in [0.29, 0.717) is 0 Å². The van der Waals surface area contributed by atoms with E-state index in [1.54, 1.807) is 0 Å². The smallest absolute Gasteiger partial charge is 0.0234 e. The Bertz CT molecular complexity index is 127. The van der Waals surface area contributed by atoms with Crippen molar-refractivity contribution in [3.63, 3.8) is 0 Å². The Morgan fingerprint density at radius 2 is 1.83 bits per heavy atom. The SMILES string of the molecule is CC(C)C/C=C/C1CCCCC1. The lowest BCUT2D eigenvalue weighted by Crippen LogP contribution is -2.02. The van der Waals surface area contributed by atoms with Crippen molar-refractivity contribution >= 4 is 0 Å². The quantitative estimate of drug-likeness (QED) is 0.552. The van der Waals surface area contributed by atoms with Crippen LogP contribution < -0.4 is 0 Å². The van der Waals surface area contributed by atoms with E-state index in [0.717, 1.165) is 11.8 Å². The molecule has 0 atom stereocenters. The van der Waals surface area contributed by atoms with Crippen LogP contribution in [0.4, 0.5) is 0 Å². The van der Waals surface area contributed by atoms with Gasteiger partial charge in [0.2, 0.25) is 0 Å². The summed E-state index contributed by atoms with van der Waals surface area (Å²) in [5.41, 5.74) is 0. The van der Waals surface area contributed by atoms with Crippen molar-refractivity contribution in [3.05, 3.63) is 12.2 Å². The van der Waals surface area contributed by atoms with Gasteiger partial charge in [-0.3, -0.25) is 0 Å². The molecule has 0 aromatic carbocycles. The van der Waals surface area contributed by atoms with Crippen molar-refractivity contribution in [1.82, 2.24) is 0 Å². The number of hydrogen-bond donors (Lipinski definition) is 0. The van der Waals surface area contributed by atoms with Crippen LogP contribution in [0.2, 0.25) is 0 Å². The second-order valence-corrected chi connectivity index (χ2v) is 4.46. The highest BCUT2D eigenvalue weighted by Crippen LogP contribution is 2.24. The summed E-state index contributed by atoms with van der Waals surface area (Å²) in [4.78, 5) is 0. The van der Waals surface area contributed by atoms with Gasteiger partial charge in [-0.05, 0) is 31.1 Å². The van der Waals surface area contributed by atoms with Crippen LogP contribution in [0.1, 0.15) is 52.4 Å². The predicted octanol–water partition coefficient (Wildman–Crippen LogP) is 4.17. The Labute approximate surface area is 77.1 Å². The van der Waals surface area contributed by atoms with Crippen molar-refractivity contribution in [2.75, 3.05) is 0 Å². The summed E-state index contributed by atoms with van der Waals surface area (Å²) in [7, 11) is 0. The van der Waals surface area contributed by atoms with E-state index in [1.165, 1.54) is 38.5 Å². The van der Waals surface area contributed by atoms with Crippen molar-refractivity contribution < 1.29 is 0 Å². The molecule has 0 spiro atoms. The van der Waals surface area contributed by atoms with Crippen LogP contribution in [-0.2, 0) is 0 Å². The first-order valence-corrected chi connectivity index (χ1v) is 5.45. The first kappa shape index (κ1) is 9.83. The van der Waals surface area contributed by atoms with Crippen molar-refractivity contribution in [1.29, 1.82) is 0 Å². The van der Waals surface area contributed by atoms with Crippen molar-refractivity contribution in [2.24, 2.45) is 11.8 Å². The molecular formula is C12H22. The molecule has 1 aliphatic rings. The zero-order chi connectivity index (χ0) is 8.81. The molecule has 0 heterocycles. The maximum Gasteiger partial charge on any atom is -0.0234 e. The van der Waals surface area contributed by atoms with Crippen molar-refractivity contribution in [3.8, 4) is 0 Å². The normalized spacial score (nSPS) is 20.9. The highest BCUT2D eigenvalue weighted by molar-refractivity contribution is 4.90. The van der Waals surface area contributed by atoms with E-state index in [2.05, 4.69) is 26.0 Å². The fraction of sp³-hybridized carbons (Fsp3) is 0.833. The molecule has 0 aromatic rings. The molecule has 0 radical (unpaired) electrons. The Hall–Kier alpha value is -0.260. The monoisotopic (exact) mass is 166 g/mol. The average molecular weight is 166 g/mol. The summed E-state index contributed by atoms with van der Waals surface area (Å²) < 4.78 is 0. The van der Waals surface area contributed by atoms with Crippen LogP contribution in [0.3, 0.4) is 0 Å². The lowest BCUT2D eigenvalue weighted by molar-refractivity contribution is 0.418. The summed E-state index contributed by atoms with van der Waals surface area (Å²) in [6.45, 7) is 4.57. The van der Waals surface area contributed by atoms with Crippen LogP contribution >= 0.6 is 0 Å². The van der Waals surface area contributed by atoms with E-state index < -0.39 is 0 Å². The van der Waals surface area contributed by atoms with Gasteiger partial charge in [-0.1, -0.05) is 45.3 Å². The molecule has 1 rings (SSSR count). The lowest BCUT2D eigenvalue weighted by atomic mass is 9.89. The van der Waals surface area contributed by atoms with Gasteiger partial charge in [-0.25, -0.2) is 0 Å². The Kier molecular flexibility index (Phi) is 4.42. The highest BCUT2D eigenvalue weighted by Gasteiger charge is 2.09. The Balaban J connectivity index is 2.15. The van der Waals surface area contributed by atoms with E-state index in [1.807, 2.05) is 0 Å². The molecule has 1 saturated carbocycles. The lowest BCUT2D eigenvalue weighted by Gasteiger charge is -2.17. The number of allylic oxidation sites excluding steroid dienone is 2. The van der Waals surface area contributed by atoms with Crippen LogP contribution in [-0.4, -0.2) is 0 Å². The minimum absolute atomic E-state index is 0.824. The molecule has 0 saturated heterocycles. The van der Waals surface area contributed by atoms with Gasteiger partial charge in [-0.2, -0.15) is 0 Å². The molecule has 0 bridgehead atoms. The molecule has 0 aliphatic heterocycles. The number of hydrogen-bond acceptors (Lipinski definition) is 0. The molecule has 0 nitrogen and oxygen atoms in total. The van der Waals surface area contributed by atoms with E-state index >= 15 is 0 Å². The zero-order valence-electron chi connectivity index (χ0n) is 8.55. The van der Waals surface area contributed by atoms with E-state index in [-0.39, 0.29) is 0 Å². The third kappa shape index (κ3) is 3.94. The molecule has 70 valence electrons. The van der Waals surface area contributed by atoms with Crippen LogP contribution in [0.5, 0.6) is 0 Å². The molecule has 0 aromatic heterocycles. The molecule has 12 heavy (non-hydrogen) atoms. The first-order valence-electron chi connectivity index (χ1n) is 5.45. The molecule has 1 aliphatic carbocycles. The topological polar surface area (TPSA) is 0 Å². The Morgan fingerprint density at radius 3 is 2.42 bits per heavy atom. The summed E-state index contributed by atoms with van der Waals surface area (Å²) in [6, 6.07) is 0. The molecule has 0 heteroatoms. The second-order valence-electron chi connectivity index (χ2n) is 4.46. The fourth-order valence-electron chi connectivity index (χ4n) is 1.87. The zero-order valence-corrected chi connectivity index (χ0v) is 8.55. The summed E-state index contributed by atoms with van der Waals surface area (Å²) in [5.74, 6) is 1.74. The summed E-state index contributed by atoms with van der Waals surface area (Å²) >= 11 is 0. The molecular weight excluding hydrogens is 144 g/mol. The Morgan fingerprint density at radius 1 is 1.17 bits per heavy atom. The number of rotatable bonds is 3. The van der Waals surface area contributed by atoms with E-state index in [9.17, 15) is 0 Å². The summed E-state index contributed by atoms with van der Waals surface area (Å²) in [5, 5.41) is 0. The predicted molar refractivity (Wildman–Crippen MR) is 55.2 cm³/mol. The van der Waals surface area contributed by atoms with Gasteiger partial charge in [0.15, 0.2) is 0 Å². The van der Waals surface area contributed by atoms with Gasteiger partial charge in [0.05, 0.1) is 0 Å². The highest BCUT2D eigenvalue weighted by atomic mass is 14.1. The third-order valence-electron chi connectivity index (χ3n) is 2.67. The van der Waals surface area contributed by atoms with Crippen LogP contribution in [0.25, 0.3) is 0 Å². The van der Waals surface area contributed by atoms with Gasteiger partial charge in [0.25, 0.3) is 0 Å². The fourth-order valence-corrected chi connectivity index (χ4v) is 1.87. The van der Waals surface area contributed by atoms with Crippen LogP contribution in [0, 0.1) is 11.8 Å². The van der Waals surface area contributed by atoms with Crippen LogP contribution in [0.15, 0.2) is 12.2 Å². The van der Waals surface area contributed by atoms with Gasteiger partial charge < -0.3 is 0 Å². The maximum absolute atomic E-state index is 2.46. The molecule has 0 N–H and O–H groups in total.